The number of carbonyl (C=O) groups is 1. The van der Waals surface area contributed by atoms with Gasteiger partial charge in [-0.25, -0.2) is 4.79 Å². The molecule has 0 aliphatic heterocycles. The Hall–Kier alpha value is 1.46. The van der Waals surface area contributed by atoms with Crippen LogP contribution < -0.4 is 0 Å². The molecule has 29 valence electrons. The molecular formula is CH3LaNaO3. The van der Waals surface area contributed by atoms with Crippen molar-refractivity contribution in [3.05, 3.63) is 0 Å². The average Bonchev–Trinajstić information content (AvgIpc) is 0.811. The van der Waals surface area contributed by atoms with Crippen molar-refractivity contribution < 1.29 is 50.6 Å². The van der Waals surface area contributed by atoms with Crippen molar-refractivity contribution in [1.29, 1.82) is 0 Å². The fourth-order valence-corrected chi connectivity index (χ4v) is 0. The Labute approximate surface area is 85.0 Å². The first-order valence-electron chi connectivity index (χ1n) is 0.651. The van der Waals surface area contributed by atoms with E-state index in [1.807, 2.05) is 0 Å². The van der Waals surface area contributed by atoms with E-state index in [9.17, 15) is 0 Å². The third-order valence-corrected chi connectivity index (χ3v) is 0. The van der Waals surface area contributed by atoms with Gasteiger partial charge in [-0.15, -0.1) is 0 Å². The summed E-state index contributed by atoms with van der Waals surface area (Å²) in [7, 11) is 0. The SMILES string of the molecule is O=C(O)O.[La].[NaH]. The summed E-state index contributed by atoms with van der Waals surface area (Å²) in [6.45, 7) is 0. The summed E-state index contributed by atoms with van der Waals surface area (Å²) in [4.78, 5) is 8.56. The van der Waals surface area contributed by atoms with Gasteiger partial charge in [0.2, 0.25) is 0 Å². The molecule has 5 heteroatoms. The fraction of sp³-hybridized carbons (Fsp3) is 0. The Morgan fingerprint density at radius 2 is 1.33 bits per heavy atom. The standard InChI is InChI=1S/CH2O3.La.Na.H/c2-1(3)4;;;/h(H2,2,3,4);;;. The Morgan fingerprint density at radius 1 is 1.33 bits per heavy atom. The zero-order chi connectivity index (χ0) is 3.58. The molecule has 0 heterocycles. The van der Waals surface area contributed by atoms with E-state index in [-0.39, 0.29) is 65.2 Å². The summed E-state index contributed by atoms with van der Waals surface area (Å²) >= 11 is 0. The van der Waals surface area contributed by atoms with E-state index in [0.29, 0.717) is 0 Å². The van der Waals surface area contributed by atoms with Crippen LogP contribution in [0.25, 0.3) is 0 Å². The van der Waals surface area contributed by atoms with Gasteiger partial charge >= 0.3 is 35.7 Å². The van der Waals surface area contributed by atoms with Crippen LogP contribution in [0.15, 0.2) is 0 Å². The summed E-state index contributed by atoms with van der Waals surface area (Å²) < 4.78 is 0. The van der Waals surface area contributed by atoms with Crippen LogP contribution in [-0.4, -0.2) is 45.9 Å². The molecule has 6 heavy (non-hydrogen) atoms. The molecule has 0 unspecified atom stereocenters. The zero-order valence-electron chi connectivity index (χ0n) is 2.38. The molecule has 2 N–H and O–H groups in total. The van der Waals surface area contributed by atoms with Crippen molar-refractivity contribution >= 4 is 35.7 Å². The monoisotopic (exact) mass is 225 g/mol. The predicted octanol–water partition coefficient (Wildman–Crippen LogP) is -0.426. The summed E-state index contributed by atoms with van der Waals surface area (Å²) in [6.07, 6.45) is -1.83. The summed E-state index contributed by atoms with van der Waals surface area (Å²) in [5.74, 6) is 0. The number of hydrogen-bond donors (Lipinski definition) is 2. The number of carboxylic acid groups (broad SMARTS) is 2. The first kappa shape index (κ1) is 15.7. The van der Waals surface area contributed by atoms with Crippen LogP contribution in [0.4, 0.5) is 4.79 Å². The minimum absolute atomic E-state index is 0. The normalized spacial score (nSPS) is 4.00. The second-order valence-corrected chi connectivity index (χ2v) is 0.283. The first-order chi connectivity index (χ1) is 1.73. The van der Waals surface area contributed by atoms with Gasteiger partial charge < -0.3 is 10.2 Å². The van der Waals surface area contributed by atoms with Gasteiger partial charge in [0.25, 0.3) is 0 Å². The van der Waals surface area contributed by atoms with E-state index in [2.05, 4.69) is 0 Å². The van der Waals surface area contributed by atoms with Crippen molar-refractivity contribution in [3.63, 3.8) is 0 Å². The van der Waals surface area contributed by atoms with Gasteiger partial charge in [-0.3, -0.25) is 0 Å². The van der Waals surface area contributed by atoms with Crippen molar-refractivity contribution in [3.8, 4) is 0 Å². The van der Waals surface area contributed by atoms with Crippen LogP contribution in [0.2, 0.25) is 0 Å². The maximum atomic E-state index is 8.56. The number of rotatable bonds is 0. The zero-order valence-corrected chi connectivity index (χ0v) is 6.01. The van der Waals surface area contributed by atoms with Crippen molar-refractivity contribution in [2.24, 2.45) is 0 Å². The van der Waals surface area contributed by atoms with Gasteiger partial charge in [0.05, 0.1) is 0 Å². The molecule has 1 radical (unpaired) electrons. The van der Waals surface area contributed by atoms with Gasteiger partial charge in [0, 0.05) is 35.6 Å². The van der Waals surface area contributed by atoms with E-state index in [1.165, 1.54) is 0 Å². The van der Waals surface area contributed by atoms with Crippen LogP contribution in [0.3, 0.4) is 0 Å². The summed E-state index contributed by atoms with van der Waals surface area (Å²) in [5.41, 5.74) is 0. The molecule has 0 atom stereocenters. The van der Waals surface area contributed by atoms with Crippen LogP contribution >= 0.6 is 0 Å². The molecule has 0 aliphatic rings. The molecule has 0 saturated carbocycles. The van der Waals surface area contributed by atoms with Crippen molar-refractivity contribution in [1.82, 2.24) is 0 Å². The van der Waals surface area contributed by atoms with Crippen molar-refractivity contribution in [2.75, 3.05) is 0 Å². The van der Waals surface area contributed by atoms with E-state index < -0.39 is 6.16 Å². The van der Waals surface area contributed by atoms with Gasteiger partial charge in [-0.05, 0) is 0 Å². The summed E-state index contributed by atoms with van der Waals surface area (Å²) in [6, 6.07) is 0. The second kappa shape index (κ2) is 9.69. The quantitative estimate of drug-likeness (QED) is 0.550. The third kappa shape index (κ3) is 50.8. The molecule has 0 fully saturated rings. The van der Waals surface area contributed by atoms with E-state index >= 15 is 0 Å². The minimum atomic E-state index is -1.83. The summed E-state index contributed by atoms with van der Waals surface area (Å²) in [5, 5.41) is 13.9. The molecule has 0 aromatic heterocycles. The van der Waals surface area contributed by atoms with Gasteiger partial charge in [-0.2, -0.15) is 0 Å². The molecule has 0 amide bonds. The van der Waals surface area contributed by atoms with Crippen LogP contribution in [-0.2, 0) is 0 Å². The molecule has 0 saturated heterocycles. The van der Waals surface area contributed by atoms with Crippen LogP contribution in [0.1, 0.15) is 0 Å². The first-order valence-corrected chi connectivity index (χ1v) is 0.651. The molecule has 0 spiro atoms. The molecule has 0 aliphatic carbocycles. The van der Waals surface area contributed by atoms with Crippen LogP contribution in [0.5, 0.6) is 0 Å². The fourth-order valence-electron chi connectivity index (χ4n) is 0. The molecular weight excluding hydrogens is 222 g/mol. The molecule has 0 rings (SSSR count). The Morgan fingerprint density at radius 3 is 1.33 bits per heavy atom. The number of hydrogen-bond acceptors (Lipinski definition) is 1. The molecule has 3 nitrogen and oxygen atoms in total. The van der Waals surface area contributed by atoms with Gasteiger partial charge in [0.1, 0.15) is 0 Å². The second-order valence-electron chi connectivity index (χ2n) is 0.283. The van der Waals surface area contributed by atoms with Gasteiger partial charge in [0.15, 0.2) is 0 Å². The van der Waals surface area contributed by atoms with E-state index in [0.717, 1.165) is 0 Å². The predicted molar refractivity (Wildman–Crippen MR) is 17.8 cm³/mol. The van der Waals surface area contributed by atoms with Gasteiger partial charge in [-0.1, -0.05) is 0 Å². The molecule has 0 aromatic carbocycles. The maximum absolute atomic E-state index is 8.56. The average molecular weight is 225 g/mol. The Bertz CT molecular complexity index is 33.8. The Kier molecular flexibility index (Phi) is 25.3. The van der Waals surface area contributed by atoms with Crippen molar-refractivity contribution in [2.45, 2.75) is 0 Å². The Balaban J connectivity index is -0.0000000450. The van der Waals surface area contributed by atoms with Crippen LogP contribution in [0, 0.1) is 35.6 Å². The topological polar surface area (TPSA) is 57.5 Å². The van der Waals surface area contributed by atoms with E-state index in [1.54, 1.807) is 0 Å². The van der Waals surface area contributed by atoms with E-state index in [4.69, 9.17) is 15.0 Å². The molecule has 0 bridgehead atoms. The third-order valence-electron chi connectivity index (χ3n) is 0. The molecule has 0 aromatic rings.